The number of allylic oxidation sites excluding steroid dienone is 1. The topological polar surface area (TPSA) is 12.4 Å². The van der Waals surface area contributed by atoms with E-state index >= 15 is 0 Å². The Labute approximate surface area is 75.0 Å². The Morgan fingerprint density at radius 3 is 2.36 bits per heavy atom. The number of aliphatic imine (C=N–C) groups is 1. The van der Waals surface area contributed by atoms with Gasteiger partial charge in [-0.1, -0.05) is 19.9 Å². The maximum absolute atomic E-state index is 3.78. The molecule has 0 rings (SSSR count). The molecule has 0 aliphatic carbocycles. The Bertz CT molecular complexity index is 91.6. The predicted molar refractivity (Wildman–Crippen MR) is 57.9 cm³/mol. The fraction of sp³-hybridized carbons (Fsp3) is 0.667. The number of rotatable bonds is 4. The fourth-order valence-electron chi connectivity index (χ4n) is 0.519. The van der Waals surface area contributed by atoms with Gasteiger partial charge in [0.1, 0.15) is 0 Å². The van der Waals surface area contributed by atoms with Gasteiger partial charge in [0.15, 0.2) is 0 Å². The van der Waals surface area contributed by atoms with Crippen LogP contribution in [-0.2, 0) is 0 Å². The molecule has 0 aromatic heterocycles. The smallest absolute Gasteiger partial charge is 0.0498 e. The van der Waals surface area contributed by atoms with Crippen LogP contribution in [0.2, 0.25) is 0 Å². The number of hydrogen-bond acceptors (Lipinski definition) is 2. The van der Waals surface area contributed by atoms with E-state index in [1.165, 1.54) is 5.75 Å². The van der Waals surface area contributed by atoms with Crippen LogP contribution in [-0.4, -0.2) is 24.3 Å². The van der Waals surface area contributed by atoms with E-state index in [9.17, 15) is 0 Å². The van der Waals surface area contributed by atoms with Crippen molar-refractivity contribution in [3.05, 3.63) is 12.7 Å². The minimum Gasteiger partial charge on any atom is -0.300 e. The molecule has 0 radical (unpaired) electrons. The maximum atomic E-state index is 3.78. The molecule has 0 amide bonds. The second-order valence-electron chi connectivity index (χ2n) is 2.08. The van der Waals surface area contributed by atoms with Crippen molar-refractivity contribution in [1.82, 2.24) is 0 Å². The molecule has 0 saturated carbocycles. The lowest BCUT2D eigenvalue weighted by Gasteiger charge is -2.03. The van der Waals surface area contributed by atoms with Crippen LogP contribution in [0.25, 0.3) is 0 Å². The third kappa shape index (κ3) is 17.7. The second kappa shape index (κ2) is 12.4. The first-order chi connectivity index (χ1) is 5.22. The van der Waals surface area contributed by atoms with Crippen LogP contribution in [0.4, 0.5) is 0 Å². The van der Waals surface area contributed by atoms with Gasteiger partial charge in [0.25, 0.3) is 0 Å². The lowest BCUT2D eigenvalue weighted by molar-refractivity contribution is 0.959. The molecule has 2 heteroatoms. The summed E-state index contributed by atoms with van der Waals surface area (Å²) in [7, 11) is 0. The van der Waals surface area contributed by atoms with Crippen LogP contribution in [0.5, 0.6) is 0 Å². The SMILES string of the molecule is C=CC.C=NC[C@H](C)SCC. The van der Waals surface area contributed by atoms with Gasteiger partial charge < -0.3 is 0 Å². The average Bonchev–Trinajstić information content (AvgIpc) is 1.90. The first kappa shape index (κ1) is 13.4. The van der Waals surface area contributed by atoms with Crippen LogP contribution < -0.4 is 0 Å². The van der Waals surface area contributed by atoms with E-state index in [1.807, 2.05) is 18.7 Å². The monoisotopic (exact) mass is 173 g/mol. The fourth-order valence-corrected chi connectivity index (χ4v) is 1.30. The molecule has 0 fully saturated rings. The van der Waals surface area contributed by atoms with Gasteiger partial charge in [-0.2, -0.15) is 11.8 Å². The summed E-state index contributed by atoms with van der Waals surface area (Å²) >= 11 is 1.92. The van der Waals surface area contributed by atoms with Crippen molar-refractivity contribution in [1.29, 1.82) is 0 Å². The van der Waals surface area contributed by atoms with Crippen molar-refractivity contribution in [2.75, 3.05) is 12.3 Å². The van der Waals surface area contributed by atoms with Crippen molar-refractivity contribution in [2.45, 2.75) is 26.0 Å². The van der Waals surface area contributed by atoms with Gasteiger partial charge in [-0.3, -0.25) is 4.99 Å². The van der Waals surface area contributed by atoms with Gasteiger partial charge in [-0.05, 0) is 19.4 Å². The summed E-state index contributed by atoms with van der Waals surface area (Å²) in [6.45, 7) is 13.9. The van der Waals surface area contributed by atoms with Crippen LogP contribution in [0.1, 0.15) is 20.8 Å². The van der Waals surface area contributed by atoms with Crippen LogP contribution in [0, 0.1) is 0 Å². The molecule has 0 N–H and O–H groups in total. The molecule has 0 unspecified atom stereocenters. The third-order valence-corrected chi connectivity index (χ3v) is 1.89. The molecule has 0 aromatic carbocycles. The highest BCUT2D eigenvalue weighted by Crippen LogP contribution is 2.08. The highest BCUT2D eigenvalue weighted by atomic mass is 32.2. The molecule has 0 aliphatic heterocycles. The molecule has 0 spiro atoms. The Kier molecular flexibility index (Phi) is 15.1. The molecular formula is C9H19NS. The minimum atomic E-state index is 0.650. The second-order valence-corrected chi connectivity index (χ2v) is 3.80. The summed E-state index contributed by atoms with van der Waals surface area (Å²) in [6, 6.07) is 0. The Hall–Kier alpha value is -0.240. The van der Waals surface area contributed by atoms with E-state index in [0.29, 0.717) is 5.25 Å². The third-order valence-electron chi connectivity index (χ3n) is 0.837. The lowest BCUT2D eigenvalue weighted by Crippen LogP contribution is -1.99. The predicted octanol–water partition coefficient (Wildman–Crippen LogP) is 3.02. The standard InChI is InChI=1S/C6H13NS.C3H6/c1-4-8-6(2)5-7-3;1-3-2/h6H,3-5H2,1-2H3;3H,1H2,2H3/t6-;/m0./s1. The maximum Gasteiger partial charge on any atom is 0.0498 e. The van der Waals surface area contributed by atoms with E-state index in [1.54, 1.807) is 6.08 Å². The van der Waals surface area contributed by atoms with Crippen LogP contribution >= 0.6 is 11.8 Å². The zero-order valence-electron chi connectivity index (χ0n) is 7.84. The molecular weight excluding hydrogens is 154 g/mol. The first-order valence-electron chi connectivity index (χ1n) is 3.84. The molecule has 1 atom stereocenters. The van der Waals surface area contributed by atoms with E-state index in [2.05, 4.69) is 32.1 Å². The van der Waals surface area contributed by atoms with Crippen molar-refractivity contribution < 1.29 is 0 Å². The lowest BCUT2D eigenvalue weighted by atomic mass is 10.5. The molecule has 66 valence electrons. The first-order valence-corrected chi connectivity index (χ1v) is 4.88. The molecule has 11 heavy (non-hydrogen) atoms. The van der Waals surface area contributed by atoms with Gasteiger partial charge in [-0.25, -0.2) is 0 Å². The van der Waals surface area contributed by atoms with Crippen molar-refractivity contribution in [3.8, 4) is 0 Å². The highest BCUT2D eigenvalue weighted by molar-refractivity contribution is 7.99. The van der Waals surface area contributed by atoms with Crippen LogP contribution in [0.3, 0.4) is 0 Å². The van der Waals surface area contributed by atoms with E-state index in [0.717, 1.165) is 6.54 Å². The molecule has 1 nitrogen and oxygen atoms in total. The molecule has 0 saturated heterocycles. The largest absolute Gasteiger partial charge is 0.300 e. The summed E-state index contributed by atoms with van der Waals surface area (Å²) in [5.74, 6) is 1.18. The van der Waals surface area contributed by atoms with Gasteiger partial charge in [-0.15, -0.1) is 6.58 Å². The van der Waals surface area contributed by atoms with Gasteiger partial charge in [0.2, 0.25) is 0 Å². The van der Waals surface area contributed by atoms with E-state index in [-0.39, 0.29) is 0 Å². The summed E-state index contributed by atoms with van der Waals surface area (Å²) < 4.78 is 0. The Balaban J connectivity index is 0. The zero-order valence-corrected chi connectivity index (χ0v) is 8.66. The molecule has 0 bridgehead atoms. The molecule has 0 heterocycles. The quantitative estimate of drug-likeness (QED) is 0.470. The number of hydrogen-bond donors (Lipinski definition) is 0. The Morgan fingerprint density at radius 1 is 1.64 bits per heavy atom. The van der Waals surface area contributed by atoms with Gasteiger partial charge in [0.05, 0.1) is 0 Å². The summed E-state index contributed by atoms with van der Waals surface area (Å²) in [5, 5.41) is 0.650. The van der Waals surface area contributed by atoms with E-state index in [4.69, 9.17) is 0 Å². The average molecular weight is 173 g/mol. The number of thioether (sulfide) groups is 1. The Morgan fingerprint density at radius 2 is 2.09 bits per heavy atom. The van der Waals surface area contributed by atoms with Crippen molar-refractivity contribution in [2.24, 2.45) is 4.99 Å². The highest BCUT2D eigenvalue weighted by Gasteiger charge is 1.95. The number of nitrogens with zero attached hydrogens (tertiary/aromatic N) is 1. The summed E-state index contributed by atoms with van der Waals surface area (Å²) in [4.78, 5) is 3.78. The normalized spacial score (nSPS) is 10.8. The summed E-state index contributed by atoms with van der Waals surface area (Å²) in [5.41, 5.74) is 0. The molecule has 0 aromatic rings. The minimum absolute atomic E-state index is 0.650. The molecule has 0 aliphatic rings. The van der Waals surface area contributed by atoms with E-state index < -0.39 is 0 Å². The zero-order chi connectivity index (χ0) is 9.11. The van der Waals surface area contributed by atoms with Crippen molar-refractivity contribution >= 4 is 18.5 Å². The van der Waals surface area contributed by atoms with Crippen molar-refractivity contribution in [3.63, 3.8) is 0 Å². The summed E-state index contributed by atoms with van der Waals surface area (Å²) in [6.07, 6.45) is 1.75. The van der Waals surface area contributed by atoms with Gasteiger partial charge >= 0.3 is 0 Å². The van der Waals surface area contributed by atoms with Crippen LogP contribution in [0.15, 0.2) is 17.6 Å². The van der Waals surface area contributed by atoms with Gasteiger partial charge in [0, 0.05) is 11.8 Å².